The van der Waals surface area contributed by atoms with Crippen LogP contribution in [-0.2, 0) is 0 Å². The molecular formula is C12H17N3O. The van der Waals surface area contributed by atoms with Gasteiger partial charge in [0.25, 0.3) is 5.91 Å². The summed E-state index contributed by atoms with van der Waals surface area (Å²) in [5, 5.41) is 0. The highest BCUT2D eigenvalue weighted by molar-refractivity contribution is 5.98. The Hall–Kier alpha value is -1.58. The van der Waals surface area contributed by atoms with Crippen molar-refractivity contribution in [1.82, 2.24) is 9.88 Å². The highest BCUT2D eigenvalue weighted by Gasteiger charge is 2.32. The number of likely N-dealkylation sites (tertiary alicyclic amines) is 1. The van der Waals surface area contributed by atoms with Crippen molar-refractivity contribution in [3.05, 3.63) is 23.9 Å². The molecule has 1 amide bonds. The van der Waals surface area contributed by atoms with E-state index in [4.69, 9.17) is 5.73 Å². The summed E-state index contributed by atoms with van der Waals surface area (Å²) in [6.07, 6.45) is 2.64. The number of carbonyl (C=O) groups excluding carboxylic acids is 1. The lowest BCUT2D eigenvalue weighted by Crippen LogP contribution is -2.30. The van der Waals surface area contributed by atoms with E-state index in [9.17, 15) is 4.79 Å². The van der Waals surface area contributed by atoms with E-state index in [1.165, 1.54) is 0 Å². The predicted octanol–water partition coefficient (Wildman–Crippen LogP) is 1.54. The van der Waals surface area contributed by atoms with Crippen LogP contribution in [0.4, 0.5) is 5.82 Å². The zero-order valence-corrected chi connectivity index (χ0v) is 9.73. The van der Waals surface area contributed by atoms with Gasteiger partial charge in [-0.05, 0) is 24.0 Å². The minimum atomic E-state index is -0.00354. The Bertz CT molecular complexity index is 414. The molecule has 0 aromatic carbocycles. The number of pyridine rings is 1. The third kappa shape index (κ3) is 2.01. The Morgan fingerprint density at radius 2 is 2.31 bits per heavy atom. The molecule has 4 nitrogen and oxygen atoms in total. The Balaban J connectivity index is 2.18. The molecule has 1 aromatic rings. The van der Waals surface area contributed by atoms with E-state index in [1.807, 2.05) is 4.90 Å². The number of nitrogen functional groups attached to an aromatic ring is 1. The van der Waals surface area contributed by atoms with Gasteiger partial charge in [0.1, 0.15) is 5.82 Å². The summed E-state index contributed by atoms with van der Waals surface area (Å²) in [7, 11) is 0. The fraction of sp³-hybridized carbons (Fsp3) is 0.500. The minimum absolute atomic E-state index is 0.00354. The van der Waals surface area contributed by atoms with Crippen LogP contribution in [0.25, 0.3) is 0 Å². The molecule has 16 heavy (non-hydrogen) atoms. The number of amides is 1. The summed E-state index contributed by atoms with van der Waals surface area (Å²) in [6.45, 7) is 5.94. The van der Waals surface area contributed by atoms with Gasteiger partial charge < -0.3 is 10.6 Å². The number of nitrogens with zero attached hydrogens (tertiary/aromatic N) is 2. The largest absolute Gasteiger partial charge is 0.383 e. The maximum absolute atomic E-state index is 12.2. The van der Waals surface area contributed by atoms with Gasteiger partial charge in [-0.25, -0.2) is 4.98 Å². The normalized spacial score (nSPS) is 18.8. The monoisotopic (exact) mass is 219 g/mol. The van der Waals surface area contributed by atoms with Gasteiger partial charge in [0, 0.05) is 19.3 Å². The van der Waals surface area contributed by atoms with Gasteiger partial charge in [0.05, 0.1) is 5.56 Å². The van der Waals surface area contributed by atoms with Crippen LogP contribution in [0.15, 0.2) is 18.3 Å². The lowest BCUT2D eigenvalue weighted by molar-refractivity contribution is 0.0779. The number of hydrogen-bond acceptors (Lipinski definition) is 3. The highest BCUT2D eigenvalue weighted by Crippen LogP contribution is 2.30. The van der Waals surface area contributed by atoms with Crippen LogP contribution < -0.4 is 5.73 Å². The van der Waals surface area contributed by atoms with E-state index >= 15 is 0 Å². The highest BCUT2D eigenvalue weighted by atomic mass is 16.2. The molecule has 4 heteroatoms. The van der Waals surface area contributed by atoms with Gasteiger partial charge in [-0.15, -0.1) is 0 Å². The lowest BCUT2D eigenvalue weighted by Gasteiger charge is -2.20. The Morgan fingerprint density at radius 3 is 2.88 bits per heavy atom. The van der Waals surface area contributed by atoms with Crippen LogP contribution in [0.1, 0.15) is 30.6 Å². The number of carbonyl (C=O) groups is 1. The molecule has 0 spiro atoms. The summed E-state index contributed by atoms with van der Waals surface area (Å²) < 4.78 is 0. The Morgan fingerprint density at radius 1 is 1.56 bits per heavy atom. The Kier molecular flexibility index (Phi) is 2.58. The fourth-order valence-electron chi connectivity index (χ4n) is 2.05. The summed E-state index contributed by atoms with van der Waals surface area (Å²) in [4.78, 5) is 18.0. The summed E-state index contributed by atoms with van der Waals surface area (Å²) in [5.41, 5.74) is 6.43. The van der Waals surface area contributed by atoms with E-state index in [2.05, 4.69) is 18.8 Å². The molecule has 0 bridgehead atoms. The first kappa shape index (κ1) is 10.9. The molecule has 2 heterocycles. The number of nitrogens with two attached hydrogens (primary N) is 1. The van der Waals surface area contributed by atoms with Gasteiger partial charge in [-0.3, -0.25) is 4.79 Å². The van der Waals surface area contributed by atoms with E-state index in [0.717, 1.165) is 19.5 Å². The van der Waals surface area contributed by atoms with E-state index in [1.54, 1.807) is 18.3 Å². The molecule has 0 aliphatic carbocycles. The van der Waals surface area contributed by atoms with Gasteiger partial charge >= 0.3 is 0 Å². The summed E-state index contributed by atoms with van der Waals surface area (Å²) >= 11 is 0. The van der Waals surface area contributed by atoms with Crippen molar-refractivity contribution in [2.45, 2.75) is 20.3 Å². The second kappa shape index (κ2) is 3.77. The standard InChI is InChI=1S/C12H17N3O/c1-12(2)5-7-15(8-12)11(16)9-4-3-6-14-10(9)13/h3-4,6H,5,7-8H2,1-2H3,(H2,13,14). The van der Waals surface area contributed by atoms with Gasteiger partial charge in [-0.2, -0.15) is 0 Å². The molecule has 1 aliphatic heterocycles. The molecule has 0 radical (unpaired) electrons. The molecule has 1 aliphatic rings. The van der Waals surface area contributed by atoms with Crippen LogP contribution in [0.5, 0.6) is 0 Å². The van der Waals surface area contributed by atoms with Gasteiger partial charge in [-0.1, -0.05) is 13.8 Å². The van der Waals surface area contributed by atoms with Gasteiger partial charge in [0.15, 0.2) is 0 Å². The smallest absolute Gasteiger partial charge is 0.257 e. The molecule has 0 saturated carbocycles. The van der Waals surface area contributed by atoms with Crippen molar-refractivity contribution in [1.29, 1.82) is 0 Å². The van der Waals surface area contributed by atoms with Crippen LogP contribution in [0.2, 0.25) is 0 Å². The second-order valence-corrected chi connectivity index (χ2v) is 5.08. The van der Waals surface area contributed by atoms with Crippen molar-refractivity contribution >= 4 is 11.7 Å². The van der Waals surface area contributed by atoms with Crippen molar-refractivity contribution in [3.8, 4) is 0 Å². The summed E-state index contributed by atoms with van der Waals surface area (Å²) in [6, 6.07) is 3.47. The van der Waals surface area contributed by atoms with E-state index < -0.39 is 0 Å². The molecule has 2 N–H and O–H groups in total. The van der Waals surface area contributed by atoms with Crippen molar-refractivity contribution < 1.29 is 4.79 Å². The van der Waals surface area contributed by atoms with Crippen molar-refractivity contribution in [2.75, 3.05) is 18.8 Å². The zero-order chi connectivity index (χ0) is 11.8. The van der Waals surface area contributed by atoms with Crippen molar-refractivity contribution in [3.63, 3.8) is 0 Å². The minimum Gasteiger partial charge on any atom is -0.383 e. The van der Waals surface area contributed by atoms with Crippen molar-refractivity contribution in [2.24, 2.45) is 5.41 Å². The first-order chi connectivity index (χ1) is 7.49. The average molecular weight is 219 g/mol. The molecule has 1 aromatic heterocycles. The first-order valence-electron chi connectivity index (χ1n) is 5.49. The maximum atomic E-state index is 12.2. The van der Waals surface area contributed by atoms with Crippen LogP contribution in [-0.4, -0.2) is 28.9 Å². The lowest BCUT2D eigenvalue weighted by atomic mass is 9.93. The van der Waals surface area contributed by atoms with Crippen LogP contribution in [0, 0.1) is 5.41 Å². The zero-order valence-electron chi connectivity index (χ0n) is 9.73. The number of aromatic nitrogens is 1. The topological polar surface area (TPSA) is 59.2 Å². The first-order valence-corrected chi connectivity index (χ1v) is 5.49. The quantitative estimate of drug-likeness (QED) is 0.779. The van der Waals surface area contributed by atoms with E-state index in [-0.39, 0.29) is 11.3 Å². The average Bonchev–Trinajstić information content (AvgIpc) is 2.59. The molecule has 2 rings (SSSR count). The second-order valence-electron chi connectivity index (χ2n) is 5.08. The molecular weight excluding hydrogens is 202 g/mol. The molecule has 86 valence electrons. The number of rotatable bonds is 1. The SMILES string of the molecule is CC1(C)CCN(C(=O)c2cccnc2N)C1. The molecule has 0 unspecified atom stereocenters. The maximum Gasteiger partial charge on any atom is 0.257 e. The molecule has 1 fully saturated rings. The van der Waals surface area contributed by atoms with Crippen LogP contribution >= 0.6 is 0 Å². The predicted molar refractivity (Wildman–Crippen MR) is 63.0 cm³/mol. The molecule has 0 atom stereocenters. The third-order valence-corrected chi connectivity index (χ3v) is 3.03. The van der Waals surface area contributed by atoms with Gasteiger partial charge in [0.2, 0.25) is 0 Å². The van der Waals surface area contributed by atoms with Crippen LogP contribution in [0.3, 0.4) is 0 Å². The number of hydrogen-bond donors (Lipinski definition) is 1. The Labute approximate surface area is 95.5 Å². The fourth-order valence-corrected chi connectivity index (χ4v) is 2.05. The molecule has 1 saturated heterocycles. The summed E-state index contributed by atoms with van der Waals surface area (Å²) in [5.74, 6) is 0.313. The number of anilines is 1. The van der Waals surface area contributed by atoms with E-state index in [0.29, 0.717) is 11.4 Å². The third-order valence-electron chi connectivity index (χ3n) is 3.03.